The lowest BCUT2D eigenvalue weighted by atomic mass is 10.0. The van der Waals surface area contributed by atoms with E-state index in [1.54, 1.807) is 36.4 Å². The summed E-state index contributed by atoms with van der Waals surface area (Å²) in [7, 11) is 0. The molecule has 7 heteroatoms. The Hall–Kier alpha value is -2.73. The molecule has 3 aromatic rings. The summed E-state index contributed by atoms with van der Waals surface area (Å²) in [4.78, 5) is 16.0. The van der Waals surface area contributed by atoms with Gasteiger partial charge in [-0.05, 0) is 55.5 Å². The van der Waals surface area contributed by atoms with Crippen LogP contribution in [0.25, 0.3) is 0 Å². The Morgan fingerprint density at radius 1 is 1.12 bits per heavy atom. The van der Waals surface area contributed by atoms with Crippen LogP contribution >= 0.6 is 11.6 Å². The fourth-order valence-electron chi connectivity index (χ4n) is 2.11. The van der Waals surface area contributed by atoms with Crippen molar-refractivity contribution in [3.63, 3.8) is 0 Å². The fourth-order valence-corrected chi connectivity index (χ4v) is 2.23. The zero-order valence-corrected chi connectivity index (χ0v) is 13.4. The van der Waals surface area contributed by atoms with E-state index < -0.39 is 11.6 Å². The maximum atomic E-state index is 14.7. The number of alkyl halides is 1. The van der Waals surface area contributed by atoms with Crippen LogP contribution < -0.4 is 4.74 Å². The molecule has 0 amide bonds. The molecule has 24 heavy (non-hydrogen) atoms. The number of rotatable bonds is 5. The molecule has 3 rings (SSSR count). The molecule has 5 nitrogen and oxygen atoms in total. The molecule has 2 aromatic carbocycles. The zero-order chi connectivity index (χ0) is 17.2. The minimum atomic E-state index is -2.31. The van der Waals surface area contributed by atoms with Gasteiger partial charge in [-0.2, -0.15) is 5.10 Å². The molecule has 1 unspecified atom stereocenters. The van der Waals surface area contributed by atoms with Crippen LogP contribution in [0.2, 0.25) is 5.02 Å². The molecule has 1 atom stereocenters. The van der Waals surface area contributed by atoms with Crippen LogP contribution in [0.4, 0.5) is 4.39 Å². The fraction of sp³-hybridized carbons (Fsp3) is 0.118. The van der Waals surface area contributed by atoms with Crippen molar-refractivity contribution in [2.24, 2.45) is 0 Å². The average molecular weight is 346 g/mol. The van der Waals surface area contributed by atoms with Crippen molar-refractivity contribution in [2.75, 3.05) is 0 Å². The molecule has 122 valence electrons. The Morgan fingerprint density at radius 2 is 1.71 bits per heavy atom. The summed E-state index contributed by atoms with van der Waals surface area (Å²) in [6.45, 7) is 1.14. The highest BCUT2D eigenvalue weighted by Gasteiger charge is 2.36. The van der Waals surface area contributed by atoms with Crippen molar-refractivity contribution < 1.29 is 13.9 Å². The van der Waals surface area contributed by atoms with Crippen molar-refractivity contribution in [3.8, 4) is 11.5 Å². The van der Waals surface area contributed by atoms with Crippen molar-refractivity contribution in [2.45, 2.75) is 12.7 Å². The monoisotopic (exact) mass is 345 g/mol. The van der Waals surface area contributed by atoms with Gasteiger partial charge >= 0.3 is 0 Å². The molecule has 0 N–H and O–H groups in total. The molecule has 0 bridgehead atoms. The van der Waals surface area contributed by atoms with Gasteiger partial charge in [-0.3, -0.25) is 4.79 Å². The molecule has 0 saturated carbocycles. The summed E-state index contributed by atoms with van der Waals surface area (Å²) in [5.41, 5.74) is 0.207. The topological polar surface area (TPSA) is 57.0 Å². The highest BCUT2D eigenvalue weighted by Crippen LogP contribution is 2.26. The molecule has 0 aliphatic heterocycles. The van der Waals surface area contributed by atoms with Gasteiger partial charge in [0.15, 0.2) is 0 Å². The van der Waals surface area contributed by atoms with E-state index in [-0.39, 0.29) is 5.56 Å². The van der Waals surface area contributed by atoms with Gasteiger partial charge in [-0.15, -0.1) is 0 Å². The highest BCUT2D eigenvalue weighted by molar-refractivity contribution is 6.30. The Morgan fingerprint density at radius 3 is 2.25 bits per heavy atom. The predicted molar refractivity (Wildman–Crippen MR) is 87.1 cm³/mol. The first kappa shape index (κ1) is 16.1. The van der Waals surface area contributed by atoms with Crippen LogP contribution in [0.1, 0.15) is 17.3 Å². The number of benzene rings is 2. The molecular formula is C17H13ClFN3O2. The molecule has 0 aliphatic rings. The second-order valence-corrected chi connectivity index (χ2v) is 5.64. The first-order chi connectivity index (χ1) is 11.5. The number of halogens is 2. The van der Waals surface area contributed by atoms with Gasteiger partial charge in [0.2, 0.25) is 5.78 Å². The number of carbonyl (C=O) groups is 1. The average Bonchev–Trinajstić information content (AvgIpc) is 3.12. The predicted octanol–water partition coefficient (Wildman–Crippen LogP) is 4.25. The summed E-state index contributed by atoms with van der Waals surface area (Å²) in [6.07, 6.45) is 2.34. The summed E-state index contributed by atoms with van der Waals surface area (Å²) in [5.74, 6) is -1.90. The van der Waals surface area contributed by atoms with Crippen LogP contribution in [-0.2, 0) is 5.79 Å². The third-order valence-electron chi connectivity index (χ3n) is 3.43. The number of ketones is 1. The number of hydrogen-bond donors (Lipinski definition) is 0. The summed E-state index contributed by atoms with van der Waals surface area (Å²) in [5, 5.41) is 4.30. The SMILES string of the molecule is CC(F)(C(=O)c1ccc(Oc2ccc(Cl)cc2)cc1)n1cncn1. The standard InChI is InChI=1S/C17H13ClFN3O2/c1-17(19,22-11-20-10-21-22)16(23)12-2-6-14(7-3-12)24-15-8-4-13(18)5-9-15/h2-11H,1H3. The molecule has 0 saturated heterocycles. The molecule has 0 radical (unpaired) electrons. The summed E-state index contributed by atoms with van der Waals surface area (Å²) < 4.78 is 21.2. The van der Waals surface area contributed by atoms with Crippen LogP contribution in [0.5, 0.6) is 11.5 Å². The van der Waals surface area contributed by atoms with E-state index in [2.05, 4.69) is 10.1 Å². The number of hydrogen-bond acceptors (Lipinski definition) is 4. The largest absolute Gasteiger partial charge is 0.457 e. The lowest BCUT2D eigenvalue weighted by Crippen LogP contribution is -2.35. The van der Waals surface area contributed by atoms with E-state index in [4.69, 9.17) is 16.3 Å². The number of Topliss-reactive ketones (excluding diaryl/α,β-unsaturated/α-hetero) is 1. The van der Waals surface area contributed by atoms with Gasteiger partial charge in [0.1, 0.15) is 24.2 Å². The molecule has 1 aromatic heterocycles. The van der Waals surface area contributed by atoms with Crippen molar-refractivity contribution in [1.82, 2.24) is 14.8 Å². The van der Waals surface area contributed by atoms with Crippen molar-refractivity contribution in [1.29, 1.82) is 0 Å². The Labute approximate surface area is 142 Å². The van der Waals surface area contributed by atoms with Crippen molar-refractivity contribution >= 4 is 17.4 Å². The van der Waals surface area contributed by atoms with E-state index in [0.717, 1.165) is 17.9 Å². The summed E-state index contributed by atoms with van der Waals surface area (Å²) in [6, 6.07) is 13.1. The van der Waals surface area contributed by atoms with E-state index in [0.29, 0.717) is 16.5 Å². The highest BCUT2D eigenvalue weighted by atomic mass is 35.5. The minimum absolute atomic E-state index is 0.207. The molecule has 0 fully saturated rings. The first-order valence-corrected chi connectivity index (χ1v) is 7.47. The number of ether oxygens (including phenoxy) is 1. The van der Waals surface area contributed by atoms with Crippen LogP contribution in [0.3, 0.4) is 0 Å². The van der Waals surface area contributed by atoms with Crippen LogP contribution in [0.15, 0.2) is 61.2 Å². The molecular weight excluding hydrogens is 333 g/mol. The lowest BCUT2D eigenvalue weighted by molar-refractivity contribution is 0.0459. The van der Waals surface area contributed by atoms with Gasteiger partial charge in [-0.1, -0.05) is 11.6 Å². The second kappa shape index (κ2) is 6.41. The maximum absolute atomic E-state index is 14.7. The quantitative estimate of drug-likeness (QED) is 0.649. The van der Waals surface area contributed by atoms with Crippen LogP contribution in [-0.4, -0.2) is 20.5 Å². The van der Waals surface area contributed by atoms with Crippen molar-refractivity contribution in [3.05, 3.63) is 71.8 Å². The number of nitrogens with zero attached hydrogens (tertiary/aromatic N) is 3. The van der Waals surface area contributed by atoms with E-state index in [9.17, 15) is 9.18 Å². The Balaban J connectivity index is 1.76. The first-order valence-electron chi connectivity index (χ1n) is 7.09. The van der Waals surface area contributed by atoms with Gasteiger partial charge in [0.25, 0.3) is 5.79 Å². The van der Waals surface area contributed by atoms with Gasteiger partial charge in [0.05, 0.1) is 0 Å². The minimum Gasteiger partial charge on any atom is -0.457 e. The Bertz CT molecular complexity index is 831. The van der Waals surface area contributed by atoms with E-state index in [1.807, 2.05) is 0 Å². The lowest BCUT2D eigenvalue weighted by Gasteiger charge is -2.18. The van der Waals surface area contributed by atoms with Gasteiger partial charge in [-0.25, -0.2) is 14.1 Å². The zero-order valence-electron chi connectivity index (χ0n) is 12.7. The van der Waals surface area contributed by atoms with E-state index >= 15 is 0 Å². The Kier molecular flexibility index (Phi) is 4.31. The van der Waals surface area contributed by atoms with Crippen LogP contribution in [0, 0.1) is 0 Å². The normalized spacial score (nSPS) is 13.3. The third-order valence-corrected chi connectivity index (χ3v) is 3.68. The van der Waals surface area contributed by atoms with E-state index in [1.165, 1.54) is 18.5 Å². The number of carbonyl (C=O) groups excluding carboxylic acids is 1. The maximum Gasteiger partial charge on any atom is 0.262 e. The summed E-state index contributed by atoms with van der Waals surface area (Å²) >= 11 is 5.82. The second-order valence-electron chi connectivity index (χ2n) is 5.20. The molecule has 1 heterocycles. The van der Waals surface area contributed by atoms with Gasteiger partial charge in [0, 0.05) is 10.6 Å². The third kappa shape index (κ3) is 3.28. The number of aromatic nitrogens is 3. The smallest absolute Gasteiger partial charge is 0.262 e. The van der Waals surface area contributed by atoms with Gasteiger partial charge < -0.3 is 4.74 Å². The molecule has 0 aliphatic carbocycles. The molecule has 0 spiro atoms.